The van der Waals surface area contributed by atoms with E-state index in [1.54, 1.807) is 0 Å². The SMILES string of the molecule is CNC1COc2cc(OCC(=O)N3CCCC3)ccc21. The molecule has 3 rings (SSSR count). The van der Waals surface area contributed by atoms with Gasteiger partial charge in [-0.15, -0.1) is 0 Å². The maximum atomic E-state index is 11.9. The van der Waals surface area contributed by atoms with Crippen LogP contribution in [-0.4, -0.2) is 44.2 Å². The number of fused-ring (bicyclic) bond motifs is 1. The van der Waals surface area contributed by atoms with E-state index in [9.17, 15) is 4.79 Å². The first-order chi connectivity index (χ1) is 9.78. The van der Waals surface area contributed by atoms with Crippen molar-refractivity contribution in [1.82, 2.24) is 10.2 Å². The van der Waals surface area contributed by atoms with Gasteiger partial charge in [-0.3, -0.25) is 4.79 Å². The molecule has 1 aromatic rings. The van der Waals surface area contributed by atoms with Gasteiger partial charge in [-0.1, -0.05) is 0 Å². The smallest absolute Gasteiger partial charge is 0.260 e. The zero-order valence-corrected chi connectivity index (χ0v) is 11.7. The first-order valence-corrected chi connectivity index (χ1v) is 7.12. The van der Waals surface area contributed by atoms with Gasteiger partial charge in [0.25, 0.3) is 5.91 Å². The fourth-order valence-electron chi connectivity index (χ4n) is 2.72. The van der Waals surface area contributed by atoms with Gasteiger partial charge < -0.3 is 19.7 Å². The Hall–Kier alpha value is -1.75. The van der Waals surface area contributed by atoms with Crippen LogP contribution in [0.15, 0.2) is 18.2 Å². The average Bonchev–Trinajstić information content (AvgIpc) is 3.13. The van der Waals surface area contributed by atoms with Crippen LogP contribution in [0.25, 0.3) is 0 Å². The number of amides is 1. The number of hydrogen-bond donors (Lipinski definition) is 1. The molecule has 1 unspecified atom stereocenters. The number of hydrogen-bond acceptors (Lipinski definition) is 4. The van der Waals surface area contributed by atoms with Gasteiger partial charge in [0.05, 0.1) is 6.04 Å². The van der Waals surface area contributed by atoms with E-state index in [1.165, 1.54) is 0 Å². The summed E-state index contributed by atoms with van der Waals surface area (Å²) in [6, 6.07) is 6.00. The van der Waals surface area contributed by atoms with Crippen LogP contribution in [0.3, 0.4) is 0 Å². The van der Waals surface area contributed by atoms with Crippen LogP contribution in [0.5, 0.6) is 11.5 Å². The highest BCUT2D eigenvalue weighted by molar-refractivity contribution is 5.78. The Morgan fingerprint density at radius 2 is 2.25 bits per heavy atom. The third-order valence-electron chi connectivity index (χ3n) is 3.94. The fraction of sp³-hybridized carbons (Fsp3) is 0.533. The van der Waals surface area contributed by atoms with Crippen LogP contribution >= 0.6 is 0 Å². The van der Waals surface area contributed by atoms with E-state index in [0.717, 1.165) is 37.2 Å². The Labute approximate surface area is 118 Å². The molecule has 1 fully saturated rings. The maximum absolute atomic E-state index is 11.9. The number of nitrogens with one attached hydrogen (secondary N) is 1. The minimum absolute atomic E-state index is 0.0667. The zero-order valence-electron chi connectivity index (χ0n) is 11.7. The number of carbonyl (C=O) groups excluding carboxylic acids is 1. The van der Waals surface area contributed by atoms with E-state index in [1.807, 2.05) is 30.1 Å². The van der Waals surface area contributed by atoms with Crippen LogP contribution in [0.1, 0.15) is 24.4 Å². The van der Waals surface area contributed by atoms with Crippen LogP contribution in [-0.2, 0) is 4.79 Å². The molecule has 2 heterocycles. The Balaban J connectivity index is 1.60. The van der Waals surface area contributed by atoms with E-state index in [4.69, 9.17) is 9.47 Å². The van der Waals surface area contributed by atoms with Gasteiger partial charge in [0, 0.05) is 24.7 Å². The lowest BCUT2D eigenvalue weighted by atomic mass is 10.1. The van der Waals surface area contributed by atoms with Crippen molar-refractivity contribution in [3.63, 3.8) is 0 Å². The molecule has 0 saturated carbocycles. The molecule has 1 saturated heterocycles. The zero-order chi connectivity index (χ0) is 13.9. The second-order valence-electron chi connectivity index (χ2n) is 5.23. The Morgan fingerprint density at radius 1 is 1.45 bits per heavy atom. The van der Waals surface area contributed by atoms with Crippen molar-refractivity contribution in [2.24, 2.45) is 0 Å². The summed E-state index contributed by atoms with van der Waals surface area (Å²) in [5.41, 5.74) is 1.14. The summed E-state index contributed by atoms with van der Waals surface area (Å²) in [6.45, 7) is 2.47. The molecule has 1 N–H and O–H groups in total. The molecule has 20 heavy (non-hydrogen) atoms. The Kier molecular flexibility index (Phi) is 3.78. The minimum Gasteiger partial charge on any atom is -0.491 e. The fourth-order valence-corrected chi connectivity index (χ4v) is 2.72. The molecule has 2 aliphatic rings. The maximum Gasteiger partial charge on any atom is 0.260 e. The highest BCUT2D eigenvalue weighted by atomic mass is 16.5. The normalized spacial score (nSPS) is 20.6. The number of rotatable bonds is 4. The molecule has 5 nitrogen and oxygen atoms in total. The molecule has 0 aliphatic carbocycles. The van der Waals surface area contributed by atoms with Crippen LogP contribution in [0.4, 0.5) is 0 Å². The summed E-state index contributed by atoms with van der Waals surface area (Å²) >= 11 is 0. The number of ether oxygens (including phenoxy) is 2. The number of likely N-dealkylation sites (tertiary alicyclic amines) is 1. The standard InChI is InChI=1S/C15H20N2O3/c1-16-13-9-20-14-8-11(4-5-12(13)14)19-10-15(18)17-6-2-3-7-17/h4-5,8,13,16H,2-3,6-7,9-10H2,1H3. The topological polar surface area (TPSA) is 50.8 Å². The summed E-state index contributed by atoms with van der Waals surface area (Å²) < 4.78 is 11.2. The van der Waals surface area contributed by atoms with Crippen molar-refractivity contribution in [2.75, 3.05) is 33.4 Å². The van der Waals surface area contributed by atoms with E-state index >= 15 is 0 Å². The monoisotopic (exact) mass is 276 g/mol. The lowest BCUT2D eigenvalue weighted by Crippen LogP contribution is -2.32. The lowest BCUT2D eigenvalue weighted by Gasteiger charge is -2.15. The number of nitrogens with zero attached hydrogens (tertiary/aromatic N) is 1. The summed E-state index contributed by atoms with van der Waals surface area (Å²) in [7, 11) is 1.92. The van der Waals surface area contributed by atoms with Crippen molar-refractivity contribution in [3.8, 4) is 11.5 Å². The van der Waals surface area contributed by atoms with Crippen molar-refractivity contribution in [2.45, 2.75) is 18.9 Å². The lowest BCUT2D eigenvalue weighted by molar-refractivity contribution is -0.132. The number of benzene rings is 1. The molecule has 0 aromatic heterocycles. The largest absolute Gasteiger partial charge is 0.491 e. The van der Waals surface area contributed by atoms with E-state index in [0.29, 0.717) is 12.4 Å². The highest BCUT2D eigenvalue weighted by Gasteiger charge is 2.23. The summed E-state index contributed by atoms with van der Waals surface area (Å²) in [4.78, 5) is 13.8. The van der Waals surface area contributed by atoms with E-state index in [-0.39, 0.29) is 18.6 Å². The quantitative estimate of drug-likeness (QED) is 0.901. The van der Waals surface area contributed by atoms with Crippen molar-refractivity contribution in [3.05, 3.63) is 23.8 Å². The molecule has 0 radical (unpaired) electrons. The molecule has 5 heteroatoms. The molecular formula is C15H20N2O3. The third-order valence-corrected chi connectivity index (χ3v) is 3.94. The van der Waals surface area contributed by atoms with Crippen LogP contribution < -0.4 is 14.8 Å². The molecule has 108 valence electrons. The molecular weight excluding hydrogens is 256 g/mol. The average molecular weight is 276 g/mol. The highest BCUT2D eigenvalue weighted by Crippen LogP contribution is 2.34. The van der Waals surface area contributed by atoms with E-state index < -0.39 is 0 Å². The second kappa shape index (κ2) is 5.71. The first-order valence-electron chi connectivity index (χ1n) is 7.12. The second-order valence-corrected chi connectivity index (χ2v) is 5.23. The van der Waals surface area contributed by atoms with Crippen LogP contribution in [0, 0.1) is 0 Å². The summed E-state index contributed by atoms with van der Waals surface area (Å²) in [5.74, 6) is 1.60. The minimum atomic E-state index is 0.0667. The third kappa shape index (κ3) is 2.58. The van der Waals surface area contributed by atoms with Crippen molar-refractivity contribution in [1.29, 1.82) is 0 Å². The number of carbonyl (C=O) groups is 1. The summed E-state index contributed by atoms with van der Waals surface area (Å²) in [6.07, 6.45) is 2.20. The molecule has 0 bridgehead atoms. The molecule has 1 amide bonds. The molecule has 0 spiro atoms. The number of likely N-dealkylation sites (N-methyl/N-ethyl adjacent to an activating group) is 1. The Bertz CT molecular complexity index is 498. The van der Waals surface area contributed by atoms with Gasteiger partial charge in [0.15, 0.2) is 6.61 Å². The molecule has 1 aromatic carbocycles. The van der Waals surface area contributed by atoms with Crippen LogP contribution in [0.2, 0.25) is 0 Å². The van der Waals surface area contributed by atoms with Gasteiger partial charge in [-0.2, -0.15) is 0 Å². The summed E-state index contributed by atoms with van der Waals surface area (Å²) in [5, 5.41) is 3.20. The first kappa shape index (κ1) is 13.2. The van der Waals surface area contributed by atoms with Crippen molar-refractivity contribution < 1.29 is 14.3 Å². The van der Waals surface area contributed by atoms with Gasteiger partial charge in [-0.25, -0.2) is 0 Å². The van der Waals surface area contributed by atoms with E-state index in [2.05, 4.69) is 5.32 Å². The predicted molar refractivity (Wildman–Crippen MR) is 75.0 cm³/mol. The van der Waals surface area contributed by atoms with Gasteiger partial charge in [0.1, 0.15) is 18.1 Å². The van der Waals surface area contributed by atoms with Crippen molar-refractivity contribution >= 4 is 5.91 Å². The molecule has 1 atom stereocenters. The molecule has 2 aliphatic heterocycles. The van der Waals surface area contributed by atoms with Gasteiger partial charge >= 0.3 is 0 Å². The van der Waals surface area contributed by atoms with Gasteiger partial charge in [0.2, 0.25) is 0 Å². The Morgan fingerprint density at radius 3 is 3.00 bits per heavy atom. The van der Waals surface area contributed by atoms with Gasteiger partial charge in [-0.05, 0) is 32.0 Å². The predicted octanol–water partition coefficient (Wildman–Crippen LogP) is 1.34.